The van der Waals surface area contributed by atoms with Gasteiger partial charge in [0.2, 0.25) is 0 Å². The number of hydrogen-bond donors (Lipinski definition) is 0. The molecule has 0 saturated carbocycles. The van der Waals surface area contributed by atoms with Crippen molar-refractivity contribution < 1.29 is 9.53 Å². The fraction of sp³-hybridized carbons (Fsp3) is 0.0833. The number of esters is 1. The van der Waals surface area contributed by atoms with Crippen LogP contribution in [0.1, 0.15) is 28.9 Å². The molecule has 5 rings (SSSR count). The number of aliphatic imine (C=N–C) groups is 1. The number of hydrogen-bond acceptors (Lipinski definition) is 4. The van der Waals surface area contributed by atoms with E-state index in [0.29, 0.717) is 10.8 Å². The van der Waals surface area contributed by atoms with Crippen molar-refractivity contribution in [3.05, 3.63) is 100 Å². The van der Waals surface area contributed by atoms with Gasteiger partial charge in [-0.1, -0.05) is 60.1 Å². The third-order valence-electron chi connectivity index (χ3n) is 4.95. The molecule has 1 heterocycles. The van der Waals surface area contributed by atoms with Gasteiger partial charge in [0.25, 0.3) is 0 Å². The van der Waals surface area contributed by atoms with Crippen LogP contribution in [0.2, 0.25) is 5.02 Å². The molecule has 2 aliphatic rings. The minimum atomic E-state index is -0.342. The third kappa shape index (κ3) is 3.18. The summed E-state index contributed by atoms with van der Waals surface area (Å²) in [6.07, 6.45) is 0. The summed E-state index contributed by atoms with van der Waals surface area (Å²) in [5.41, 5.74) is 5.65. The Hall–Kier alpha value is -2.82. The van der Waals surface area contributed by atoms with Crippen molar-refractivity contribution in [1.82, 2.24) is 0 Å². The third-order valence-corrected chi connectivity index (χ3v) is 6.54. The number of ether oxygens (including phenoxy) is 1. The van der Waals surface area contributed by atoms with Crippen molar-refractivity contribution in [3.63, 3.8) is 0 Å². The first-order valence-electron chi connectivity index (χ1n) is 9.24. The molecule has 0 aromatic heterocycles. The Morgan fingerprint density at radius 3 is 2.41 bits per heavy atom. The minimum absolute atomic E-state index is 0.0867. The highest BCUT2D eigenvalue weighted by atomic mass is 35.5. The Morgan fingerprint density at radius 2 is 1.66 bits per heavy atom. The maximum absolute atomic E-state index is 12.0. The molecule has 1 aliphatic heterocycles. The Balaban J connectivity index is 1.81. The lowest BCUT2D eigenvalue weighted by Gasteiger charge is -2.19. The highest BCUT2D eigenvalue weighted by Crippen LogP contribution is 2.53. The summed E-state index contributed by atoms with van der Waals surface area (Å²) < 4.78 is 5.76. The smallest absolute Gasteiger partial charge is 0.308 e. The van der Waals surface area contributed by atoms with E-state index in [9.17, 15) is 4.79 Å². The van der Waals surface area contributed by atoms with Crippen LogP contribution in [0.4, 0.5) is 5.69 Å². The predicted octanol–water partition coefficient (Wildman–Crippen LogP) is 6.60. The molecule has 142 valence electrons. The highest BCUT2D eigenvalue weighted by molar-refractivity contribution is 8.00. The van der Waals surface area contributed by atoms with Gasteiger partial charge in [0.05, 0.1) is 16.6 Å². The van der Waals surface area contributed by atoms with Crippen LogP contribution in [-0.2, 0) is 9.53 Å². The molecule has 1 atom stereocenters. The standard InChI is InChI=1S/C24H16ClNO2S/c1-14(27)28-23-18-7-3-2-6-17(18)22-21(23)24(15-10-12-16(25)13-11-15)29-20-9-5-4-8-19(20)26-22/h2-13,24H,1H3. The molecular weight excluding hydrogens is 402 g/mol. The van der Waals surface area contributed by atoms with Gasteiger partial charge >= 0.3 is 5.97 Å². The summed E-state index contributed by atoms with van der Waals surface area (Å²) in [5, 5.41) is 0.599. The first kappa shape index (κ1) is 18.2. The SMILES string of the molecule is CC(=O)OC1=C2C(=Nc3ccccc3SC2c2ccc(Cl)cc2)c2ccccc21. The molecular formula is C24H16ClNO2S. The van der Waals surface area contributed by atoms with Gasteiger partial charge in [0.1, 0.15) is 5.76 Å². The predicted molar refractivity (Wildman–Crippen MR) is 118 cm³/mol. The van der Waals surface area contributed by atoms with Crippen molar-refractivity contribution in [1.29, 1.82) is 0 Å². The lowest BCUT2D eigenvalue weighted by molar-refractivity contribution is -0.134. The zero-order valence-corrected chi connectivity index (χ0v) is 17.1. The average Bonchev–Trinajstić information content (AvgIpc) is 2.90. The molecule has 0 bridgehead atoms. The summed E-state index contributed by atoms with van der Waals surface area (Å²) in [7, 11) is 0. The number of benzene rings is 3. The first-order valence-corrected chi connectivity index (χ1v) is 10.5. The number of rotatable bonds is 2. The molecule has 0 spiro atoms. The van der Waals surface area contributed by atoms with Crippen LogP contribution in [0.25, 0.3) is 5.76 Å². The van der Waals surface area contributed by atoms with Crippen LogP contribution in [-0.4, -0.2) is 11.7 Å². The lowest BCUT2D eigenvalue weighted by Crippen LogP contribution is -2.08. The van der Waals surface area contributed by atoms with Crippen molar-refractivity contribution in [3.8, 4) is 0 Å². The number of carbonyl (C=O) groups excluding carboxylic acids is 1. The van der Waals surface area contributed by atoms with E-state index in [1.54, 1.807) is 11.8 Å². The van der Waals surface area contributed by atoms with E-state index < -0.39 is 0 Å². The second-order valence-electron chi connectivity index (χ2n) is 6.86. The number of carbonyl (C=O) groups is 1. The average molecular weight is 418 g/mol. The molecule has 1 unspecified atom stereocenters. The van der Waals surface area contributed by atoms with Crippen LogP contribution < -0.4 is 0 Å². The number of fused-ring (bicyclic) bond motifs is 4. The van der Waals surface area contributed by atoms with Crippen molar-refractivity contribution in [2.45, 2.75) is 17.1 Å². The largest absolute Gasteiger partial charge is 0.426 e. The summed E-state index contributed by atoms with van der Waals surface area (Å²) in [6.45, 7) is 1.43. The Morgan fingerprint density at radius 1 is 0.966 bits per heavy atom. The van der Waals surface area contributed by atoms with Gasteiger partial charge in [-0.05, 0) is 29.8 Å². The van der Waals surface area contributed by atoms with Crippen molar-refractivity contribution >= 4 is 46.5 Å². The molecule has 3 aromatic carbocycles. The second kappa shape index (κ2) is 7.21. The van der Waals surface area contributed by atoms with Crippen LogP contribution in [0.5, 0.6) is 0 Å². The Labute approximate surface area is 178 Å². The number of para-hydroxylation sites is 1. The fourth-order valence-corrected chi connectivity index (χ4v) is 5.13. The van der Waals surface area contributed by atoms with Gasteiger partial charge in [0, 0.05) is 33.5 Å². The van der Waals surface area contributed by atoms with Crippen LogP contribution in [0.15, 0.2) is 88.3 Å². The normalized spacial score (nSPS) is 17.0. The Bertz CT molecular complexity index is 1200. The molecule has 29 heavy (non-hydrogen) atoms. The molecule has 1 aliphatic carbocycles. The van der Waals surface area contributed by atoms with Crippen LogP contribution >= 0.6 is 23.4 Å². The molecule has 0 radical (unpaired) electrons. The van der Waals surface area contributed by atoms with E-state index >= 15 is 0 Å². The molecule has 3 aromatic rings. The maximum Gasteiger partial charge on any atom is 0.308 e. The second-order valence-corrected chi connectivity index (χ2v) is 8.44. The van der Waals surface area contributed by atoms with E-state index in [2.05, 4.69) is 6.07 Å². The van der Waals surface area contributed by atoms with E-state index in [1.807, 2.05) is 66.7 Å². The van der Waals surface area contributed by atoms with E-state index in [4.69, 9.17) is 21.3 Å². The fourth-order valence-electron chi connectivity index (χ4n) is 3.73. The molecule has 0 fully saturated rings. The lowest BCUT2D eigenvalue weighted by atomic mass is 10.00. The Kier molecular flexibility index (Phi) is 4.53. The molecule has 0 N–H and O–H groups in total. The number of thioether (sulfide) groups is 1. The molecule has 5 heteroatoms. The van der Waals surface area contributed by atoms with Gasteiger partial charge in [-0.25, -0.2) is 4.99 Å². The van der Waals surface area contributed by atoms with Gasteiger partial charge in [0.15, 0.2) is 0 Å². The highest BCUT2D eigenvalue weighted by Gasteiger charge is 2.38. The van der Waals surface area contributed by atoms with Gasteiger partial charge in [-0.3, -0.25) is 4.79 Å². The summed E-state index contributed by atoms with van der Waals surface area (Å²) in [5.74, 6) is 0.247. The van der Waals surface area contributed by atoms with Crippen molar-refractivity contribution in [2.24, 2.45) is 4.99 Å². The van der Waals surface area contributed by atoms with Gasteiger partial charge < -0.3 is 4.74 Å². The van der Waals surface area contributed by atoms with Crippen LogP contribution in [0.3, 0.4) is 0 Å². The zero-order valence-electron chi connectivity index (χ0n) is 15.6. The molecule has 0 saturated heterocycles. The summed E-state index contributed by atoms with van der Waals surface area (Å²) in [6, 6.07) is 23.9. The topological polar surface area (TPSA) is 38.7 Å². The monoisotopic (exact) mass is 417 g/mol. The maximum atomic E-state index is 12.0. The van der Waals surface area contributed by atoms with E-state index in [-0.39, 0.29) is 11.2 Å². The zero-order chi connectivity index (χ0) is 20.0. The van der Waals surface area contributed by atoms with Gasteiger partial charge in [-0.15, -0.1) is 11.8 Å². The van der Waals surface area contributed by atoms with Gasteiger partial charge in [-0.2, -0.15) is 0 Å². The summed E-state index contributed by atoms with van der Waals surface area (Å²) >= 11 is 7.84. The molecule has 0 amide bonds. The number of halogens is 1. The summed E-state index contributed by atoms with van der Waals surface area (Å²) in [4.78, 5) is 18.1. The quantitative estimate of drug-likeness (QED) is 0.441. The molecule has 3 nitrogen and oxygen atoms in total. The minimum Gasteiger partial charge on any atom is -0.426 e. The van der Waals surface area contributed by atoms with E-state index in [0.717, 1.165) is 38.6 Å². The van der Waals surface area contributed by atoms with Crippen LogP contribution in [0, 0.1) is 0 Å². The van der Waals surface area contributed by atoms with E-state index in [1.165, 1.54) is 6.92 Å². The first-order chi connectivity index (χ1) is 14.1. The van der Waals surface area contributed by atoms with Crippen molar-refractivity contribution in [2.75, 3.05) is 0 Å². The number of nitrogens with zero attached hydrogens (tertiary/aromatic N) is 1.